The van der Waals surface area contributed by atoms with Gasteiger partial charge < -0.3 is 15.7 Å². The molecule has 0 bridgehead atoms. The molecular weight excluding hydrogens is 338 g/mol. The van der Waals surface area contributed by atoms with Crippen LogP contribution < -0.4 is 5.73 Å². The number of benzene rings is 2. The second-order valence-corrected chi connectivity index (χ2v) is 6.83. The lowest BCUT2D eigenvalue weighted by atomic mass is 9.87. The normalized spacial score (nSPS) is 20.9. The van der Waals surface area contributed by atoms with E-state index >= 15 is 0 Å². The van der Waals surface area contributed by atoms with E-state index in [1.54, 1.807) is 12.4 Å². The number of aliphatic imine (C=N–C) groups is 1. The Labute approximate surface area is 158 Å². The number of nitrogens with two attached hydrogens (primary N) is 1. The van der Waals surface area contributed by atoms with Gasteiger partial charge in [0.05, 0.1) is 24.0 Å². The molecule has 0 radical (unpaired) electrons. The quantitative estimate of drug-likeness (QED) is 0.880. The van der Waals surface area contributed by atoms with Crippen LogP contribution in [0.4, 0.5) is 0 Å². The van der Waals surface area contributed by atoms with Crippen molar-refractivity contribution < 1.29 is 9.90 Å². The molecule has 27 heavy (non-hydrogen) atoms. The second kappa shape index (κ2) is 6.85. The fraction of sp³-hybridized carbons (Fsp3) is 0.182. The summed E-state index contributed by atoms with van der Waals surface area (Å²) < 4.78 is 0. The van der Waals surface area contributed by atoms with E-state index in [4.69, 9.17) is 5.73 Å². The largest absolute Gasteiger partial charge is 0.478 e. The van der Waals surface area contributed by atoms with Crippen molar-refractivity contribution in [2.75, 3.05) is 7.05 Å². The minimum absolute atomic E-state index is 0.168. The van der Waals surface area contributed by atoms with Gasteiger partial charge in [-0.3, -0.25) is 4.99 Å². The van der Waals surface area contributed by atoms with Crippen molar-refractivity contribution in [1.82, 2.24) is 4.90 Å². The Morgan fingerprint density at radius 1 is 1.15 bits per heavy atom. The standard InChI is InChI=1S/C22H21N3O2/c1-25-13-24-20-11-17(10-19(21(20)25)22(26)27)14-6-8-15(9-7-14)18-5-3-2-4-16(18)12-23/h2-11,13,20-21H,12,23H2,1H3,(H,26,27). The number of aliphatic carboxylic acids is 1. The summed E-state index contributed by atoms with van der Waals surface area (Å²) >= 11 is 0. The van der Waals surface area contributed by atoms with Crippen molar-refractivity contribution >= 4 is 17.9 Å². The van der Waals surface area contributed by atoms with E-state index in [0.717, 1.165) is 27.8 Å². The summed E-state index contributed by atoms with van der Waals surface area (Å²) in [4.78, 5) is 18.0. The molecule has 2 aliphatic rings. The predicted molar refractivity (Wildman–Crippen MR) is 107 cm³/mol. The van der Waals surface area contributed by atoms with Crippen LogP contribution >= 0.6 is 0 Å². The van der Waals surface area contributed by atoms with Crippen LogP contribution in [0.3, 0.4) is 0 Å². The Kier molecular flexibility index (Phi) is 4.38. The summed E-state index contributed by atoms with van der Waals surface area (Å²) in [5.41, 5.74) is 11.4. The van der Waals surface area contributed by atoms with Crippen LogP contribution in [-0.4, -0.2) is 41.4 Å². The van der Waals surface area contributed by atoms with E-state index in [9.17, 15) is 9.90 Å². The maximum Gasteiger partial charge on any atom is 0.333 e. The van der Waals surface area contributed by atoms with Crippen molar-refractivity contribution in [3.05, 3.63) is 77.4 Å². The summed E-state index contributed by atoms with van der Waals surface area (Å²) in [5.74, 6) is -0.901. The fourth-order valence-corrected chi connectivity index (χ4v) is 3.79. The monoisotopic (exact) mass is 359 g/mol. The van der Waals surface area contributed by atoms with Crippen LogP contribution in [0.2, 0.25) is 0 Å². The number of carboxylic acid groups (broad SMARTS) is 1. The number of allylic oxidation sites excluding steroid dienone is 2. The van der Waals surface area contributed by atoms with Crippen LogP contribution in [0.1, 0.15) is 11.1 Å². The van der Waals surface area contributed by atoms with Crippen molar-refractivity contribution in [2.24, 2.45) is 10.7 Å². The van der Waals surface area contributed by atoms with E-state index in [0.29, 0.717) is 12.1 Å². The number of carboxylic acids is 1. The molecule has 0 saturated carbocycles. The van der Waals surface area contributed by atoms with Crippen LogP contribution in [0.5, 0.6) is 0 Å². The van der Waals surface area contributed by atoms with Gasteiger partial charge >= 0.3 is 5.97 Å². The molecule has 0 aromatic heterocycles. The number of fused-ring (bicyclic) bond motifs is 1. The highest BCUT2D eigenvalue weighted by molar-refractivity contribution is 5.95. The van der Waals surface area contributed by atoms with Crippen molar-refractivity contribution in [3.63, 3.8) is 0 Å². The fourth-order valence-electron chi connectivity index (χ4n) is 3.79. The molecule has 2 atom stereocenters. The molecule has 5 nitrogen and oxygen atoms in total. The van der Waals surface area contributed by atoms with Gasteiger partial charge in [-0.1, -0.05) is 48.5 Å². The van der Waals surface area contributed by atoms with E-state index in [-0.39, 0.29) is 12.1 Å². The maximum absolute atomic E-state index is 11.7. The zero-order valence-corrected chi connectivity index (χ0v) is 15.0. The SMILES string of the molecule is CN1C=NC2C=C(c3ccc(-c4ccccc4CN)cc3)C=C(C(=O)O)C21. The van der Waals surface area contributed by atoms with Crippen molar-refractivity contribution in [1.29, 1.82) is 0 Å². The third kappa shape index (κ3) is 3.06. The molecule has 0 saturated heterocycles. The molecule has 3 N–H and O–H groups in total. The van der Waals surface area contributed by atoms with Gasteiger partial charge in [-0.25, -0.2) is 4.79 Å². The predicted octanol–water partition coefficient (Wildman–Crippen LogP) is 2.93. The summed E-state index contributed by atoms with van der Waals surface area (Å²) in [6, 6.07) is 15.8. The van der Waals surface area contributed by atoms with E-state index in [2.05, 4.69) is 23.2 Å². The Bertz CT molecular complexity index is 973. The van der Waals surface area contributed by atoms with E-state index in [1.165, 1.54) is 0 Å². The molecule has 0 fully saturated rings. The van der Waals surface area contributed by atoms with Gasteiger partial charge in [0.15, 0.2) is 0 Å². The summed E-state index contributed by atoms with van der Waals surface area (Å²) in [7, 11) is 1.85. The summed E-state index contributed by atoms with van der Waals surface area (Å²) in [5, 5.41) is 9.63. The van der Waals surface area contributed by atoms with E-state index in [1.807, 2.05) is 48.4 Å². The molecule has 2 aromatic rings. The van der Waals surface area contributed by atoms with Crippen LogP contribution in [0, 0.1) is 0 Å². The minimum atomic E-state index is -0.901. The van der Waals surface area contributed by atoms with E-state index < -0.39 is 5.97 Å². The van der Waals surface area contributed by atoms with Gasteiger partial charge in [0, 0.05) is 13.6 Å². The van der Waals surface area contributed by atoms with Gasteiger partial charge in [-0.05, 0) is 40.0 Å². The molecule has 2 unspecified atom stereocenters. The molecule has 1 heterocycles. The molecule has 4 rings (SSSR count). The Hall–Kier alpha value is -3.18. The number of carbonyl (C=O) groups is 1. The molecule has 1 aliphatic carbocycles. The Morgan fingerprint density at radius 2 is 1.85 bits per heavy atom. The van der Waals surface area contributed by atoms with Gasteiger partial charge in [-0.15, -0.1) is 0 Å². The first-order chi connectivity index (χ1) is 13.1. The third-order valence-corrected chi connectivity index (χ3v) is 5.18. The molecule has 5 heteroatoms. The molecule has 2 aromatic carbocycles. The zero-order valence-electron chi connectivity index (χ0n) is 15.0. The molecule has 0 spiro atoms. The Morgan fingerprint density at radius 3 is 2.56 bits per heavy atom. The van der Waals surface area contributed by atoms with Crippen LogP contribution in [0.25, 0.3) is 16.7 Å². The molecule has 1 aliphatic heterocycles. The first kappa shape index (κ1) is 17.2. The molecule has 0 amide bonds. The van der Waals surface area contributed by atoms with Gasteiger partial charge in [0.1, 0.15) is 0 Å². The van der Waals surface area contributed by atoms with Crippen molar-refractivity contribution in [3.8, 4) is 11.1 Å². The third-order valence-electron chi connectivity index (χ3n) is 5.18. The first-order valence-electron chi connectivity index (χ1n) is 8.89. The lowest BCUT2D eigenvalue weighted by Crippen LogP contribution is -2.38. The van der Waals surface area contributed by atoms with Gasteiger partial charge in [-0.2, -0.15) is 0 Å². The number of hydrogen-bond acceptors (Lipinski definition) is 4. The number of rotatable bonds is 4. The number of nitrogens with zero attached hydrogens (tertiary/aromatic N) is 2. The summed E-state index contributed by atoms with van der Waals surface area (Å²) in [6.45, 7) is 0.488. The zero-order chi connectivity index (χ0) is 19.0. The smallest absolute Gasteiger partial charge is 0.333 e. The maximum atomic E-state index is 11.7. The summed E-state index contributed by atoms with van der Waals surface area (Å²) in [6.07, 6.45) is 5.51. The highest BCUT2D eigenvalue weighted by Crippen LogP contribution is 2.33. The minimum Gasteiger partial charge on any atom is -0.478 e. The first-order valence-corrected chi connectivity index (χ1v) is 8.89. The van der Waals surface area contributed by atoms with Gasteiger partial charge in [0.2, 0.25) is 0 Å². The topological polar surface area (TPSA) is 78.9 Å². The highest BCUT2D eigenvalue weighted by Gasteiger charge is 2.36. The highest BCUT2D eigenvalue weighted by atomic mass is 16.4. The van der Waals surface area contributed by atoms with Crippen molar-refractivity contribution in [2.45, 2.75) is 18.6 Å². The van der Waals surface area contributed by atoms with Gasteiger partial charge in [0.25, 0.3) is 0 Å². The average Bonchev–Trinajstić information content (AvgIpc) is 3.08. The average molecular weight is 359 g/mol. The number of hydrogen-bond donors (Lipinski definition) is 2. The van der Waals surface area contributed by atoms with Crippen LogP contribution in [0.15, 0.2) is 71.2 Å². The second-order valence-electron chi connectivity index (χ2n) is 6.83. The lowest BCUT2D eigenvalue weighted by molar-refractivity contribution is -0.133. The Balaban J connectivity index is 1.69. The van der Waals surface area contributed by atoms with Crippen LogP contribution in [-0.2, 0) is 11.3 Å². The molecular formula is C22H21N3O2. The lowest BCUT2D eigenvalue weighted by Gasteiger charge is -2.27. The number of likely N-dealkylation sites (N-methyl/N-ethyl adjacent to an activating group) is 1. The molecule has 136 valence electrons.